The Morgan fingerprint density at radius 3 is 2.61 bits per heavy atom. The first-order valence-electron chi connectivity index (χ1n) is 10.1. The van der Waals surface area contributed by atoms with E-state index in [1.54, 1.807) is 5.57 Å². The van der Waals surface area contributed by atoms with E-state index < -0.39 is 0 Å². The van der Waals surface area contributed by atoms with Crippen molar-refractivity contribution in [3.63, 3.8) is 0 Å². The minimum absolute atomic E-state index is 0.361. The van der Waals surface area contributed by atoms with Crippen molar-refractivity contribution in [2.45, 2.75) is 84.2 Å². The van der Waals surface area contributed by atoms with Gasteiger partial charge in [0.2, 0.25) is 0 Å². The first-order valence-corrected chi connectivity index (χ1v) is 10.1. The van der Waals surface area contributed by atoms with E-state index in [1.807, 2.05) is 0 Å². The lowest BCUT2D eigenvalue weighted by Crippen LogP contribution is -2.52. The number of allylic oxidation sites excluding steroid dienone is 1. The van der Waals surface area contributed by atoms with Gasteiger partial charge in [-0.1, -0.05) is 25.5 Å². The van der Waals surface area contributed by atoms with Gasteiger partial charge in [0, 0.05) is 12.1 Å². The van der Waals surface area contributed by atoms with Gasteiger partial charge in [0.15, 0.2) is 0 Å². The lowest BCUT2D eigenvalue weighted by molar-refractivity contribution is -0.0447. The molecule has 0 radical (unpaired) electrons. The largest absolute Gasteiger partial charge is 0.328 e. The highest BCUT2D eigenvalue weighted by molar-refractivity contribution is 5.25. The Labute approximate surface area is 142 Å². The molecule has 0 unspecified atom stereocenters. The Balaban J connectivity index is 1.65. The van der Waals surface area contributed by atoms with E-state index in [4.69, 9.17) is 11.5 Å². The number of hydrogen-bond donors (Lipinski definition) is 2. The average molecular weight is 317 g/mol. The quantitative estimate of drug-likeness (QED) is 0.711. The molecule has 0 heterocycles. The van der Waals surface area contributed by atoms with Crippen LogP contribution in [0.3, 0.4) is 0 Å². The van der Waals surface area contributed by atoms with Crippen molar-refractivity contribution in [1.82, 2.24) is 0 Å². The summed E-state index contributed by atoms with van der Waals surface area (Å²) < 4.78 is 0. The first kappa shape index (κ1) is 16.1. The molecule has 4 rings (SSSR count). The molecule has 130 valence electrons. The first-order chi connectivity index (χ1) is 10.9. The van der Waals surface area contributed by atoms with Crippen molar-refractivity contribution in [3.8, 4) is 0 Å². The van der Waals surface area contributed by atoms with E-state index in [2.05, 4.69) is 26.8 Å². The predicted octanol–water partition coefficient (Wildman–Crippen LogP) is 4.24. The summed E-state index contributed by atoms with van der Waals surface area (Å²) in [6.07, 6.45) is 13.2. The van der Waals surface area contributed by atoms with Crippen LogP contribution in [-0.4, -0.2) is 12.1 Å². The van der Waals surface area contributed by atoms with Crippen LogP contribution in [-0.2, 0) is 0 Å². The van der Waals surface area contributed by atoms with Crippen LogP contribution in [0.1, 0.15) is 72.1 Å². The maximum absolute atomic E-state index is 6.38. The van der Waals surface area contributed by atoms with Crippen molar-refractivity contribution in [2.24, 2.45) is 46.0 Å². The van der Waals surface area contributed by atoms with Gasteiger partial charge in [-0.15, -0.1) is 0 Å². The fraction of sp³-hybridized carbons (Fsp3) is 0.905. The number of rotatable bonds is 1. The highest BCUT2D eigenvalue weighted by Gasteiger charge is 2.58. The zero-order valence-electron chi connectivity index (χ0n) is 15.4. The van der Waals surface area contributed by atoms with Crippen molar-refractivity contribution < 1.29 is 0 Å². The molecule has 4 N–H and O–H groups in total. The molecular weight excluding hydrogens is 280 g/mol. The van der Waals surface area contributed by atoms with Gasteiger partial charge in [-0.25, -0.2) is 0 Å². The molecule has 2 heteroatoms. The summed E-state index contributed by atoms with van der Waals surface area (Å²) in [6.45, 7) is 7.39. The summed E-state index contributed by atoms with van der Waals surface area (Å²) in [7, 11) is 0. The van der Waals surface area contributed by atoms with E-state index in [0.717, 1.165) is 30.1 Å². The average Bonchev–Trinajstić information content (AvgIpc) is 2.85. The Kier molecular flexibility index (Phi) is 3.74. The lowest BCUT2D eigenvalue weighted by atomic mass is 9.47. The fourth-order valence-electron chi connectivity index (χ4n) is 7.59. The molecular formula is C21H36N2. The van der Waals surface area contributed by atoms with Gasteiger partial charge in [-0.05, 0) is 92.8 Å². The number of hydrogen-bond acceptors (Lipinski definition) is 2. The highest BCUT2D eigenvalue weighted by atomic mass is 14.7. The summed E-state index contributed by atoms with van der Waals surface area (Å²) >= 11 is 0. The van der Waals surface area contributed by atoms with Gasteiger partial charge < -0.3 is 11.5 Å². The van der Waals surface area contributed by atoms with Crippen molar-refractivity contribution in [3.05, 3.63) is 11.6 Å². The molecule has 3 saturated carbocycles. The molecule has 0 aromatic carbocycles. The molecule has 0 aromatic rings. The Morgan fingerprint density at radius 2 is 1.87 bits per heavy atom. The van der Waals surface area contributed by atoms with E-state index in [0.29, 0.717) is 22.9 Å². The van der Waals surface area contributed by atoms with Gasteiger partial charge in [-0.2, -0.15) is 0 Å². The lowest BCUT2D eigenvalue weighted by Gasteiger charge is -2.58. The van der Waals surface area contributed by atoms with E-state index in [9.17, 15) is 0 Å². The molecule has 8 atom stereocenters. The van der Waals surface area contributed by atoms with Crippen molar-refractivity contribution in [1.29, 1.82) is 0 Å². The molecule has 0 bridgehead atoms. The SMILES string of the molecule is C[C@H](N)[C@H]1CC[C@H]2[C@@H]3CC=C4C[C@@H](N)CC[C@]4(C)[C@H]3CC[C@]12C. The molecule has 0 amide bonds. The minimum Gasteiger partial charge on any atom is -0.328 e. The van der Waals surface area contributed by atoms with Crippen LogP contribution in [0.15, 0.2) is 11.6 Å². The molecule has 0 aliphatic heterocycles. The van der Waals surface area contributed by atoms with Crippen LogP contribution in [0.4, 0.5) is 0 Å². The predicted molar refractivity (Wildman–Crippen MR) is 96.8 cm³/mol. The third-order valence-electron chi connectivity index (χ3n) is 8.85. The second-order valence-corrected chi connectivity index (χ2v) is 9.85. The molecule has 4 aliphatic carbocycles. The smallest absolute Gasteiger partial charge is 0.00766 e. The zero-order chi connectivity index (χ0) is 16.4. The molecule has 4 aliphatic rings. The standard InChI is InChI=1S/C21H36N2/c1-13(22)17-6-7-18-16-5-4-14-12-15(23)8-10-20(14,2)19(16)9-11-21(17,18)3/h4,13,15-19H,5-12,22-23H2,1-3H3/t13-,15-,16-,17+,18-,19-,20-,21+/m0/s1. The summed E-state index contributed by atoms with van der Waals surface area (Å²) in [6, 6.07) is 0.771. The monoisotopic (exact) mass is 316 g/mol. The highest BCUT2D eigenvalue weighted by Crippen LogP contribution is 2.66. The van der Waals surface area contributed by atoms with Crippen LogP contribution in [0, 0.1) is 34.5 Å². The van der Waals surface area contributed by atoms with Crippen LogP contribution in [0.5, 0.6) is 0 Å². The number of fused-ring (bicyclic) bond motifs is 5. The topological polar surface area (TPSA) is 52.0 Å². The second kappa shape index (κ2) is 5.33. The van der Waals surface area contributed by atoms with Crippen LogP contribution < -0.4 is 11.5 Å². The summed E-state index contributed by atoms with van der Waals surface area (Å²) in [5.41, 5.74) is 15.3. The van der Waals surface area contributed by atoms with Crippen molar-refractivity contribution >= 4 is 0 Å². The summed E-state index contributed by atoms with van der Waals surface area (Å²) in [4.78, 5) is 0. The van der Waals surface area contributed by atoms with Gasteiger partial charge in [-0.3, -0.25) is 0 Å². The maximum Gasteiger partial charge on any atom is 0.00766 e. The molecule has 2 nitrogen and oxygen atoms in total. The normalized spacial score (nSPS) is 53.8. The van der Waals surface area contributed by atoms with Crippen molar-refractivity contribution in [2.75, 3.05) is 0 Å². The van der Waals surface area contributed by atoms with E-state index in [1.165, 1.54) is 44.9 Å². The van der Waals surface area contributed by atoms with Crippen LogP contribution in [0.25, 0.3) is 0 Å². The van der Waals surface area contributed by atoms with Gasteiger partial charge in [0.1, 0.15) is 0 Å². The molecule has 0 spiro atoms. The fourth-order valence-corrected chi connectivity index (χ4v) is 7.59. The van der Waals surface area contributed by atoms with Gasteiger partial charge in [0.05, 0.1) is 0 Å². The molecule has 0 aromatic heterocycles. The van der Waals surface area contributed by atoms with E-state index in [-0.39, 0.29) is 0 Å². The van der Waals surface area contributed by atoms with Gasteiger partial charge in [0.25, 0.3) is 0 Å². The molecule has 0 saturated heterocycles. The van der Waals surface area contributed by atoms with Crippen LogP contribution in [0.2, 0.25) is 0 Å². The second-order valence-electron chi connectivity index (χ2n) is 9.85. The third-order valence-corrected chi connectivity index (χ3v) is 8.85. The third kappa shape index (κ3) is 2.20. The Bertz CT molecular complexity index is 510. The number of nitrogens with two attached hydrogens (primary N) is 2. The zero-order valence-corrected chi connectivity index (χ0v) is 15.4. The summed E-state index contributed by atoms with van der Waals surface area (Å²) in [5.74, 6) is 3.45. The van der Waals surface area contributed by atoms with Gasteiger partial charge >= 0.3 is 0 Å². The Morgan fingerprint density at radius 1 is 1.09 bits per heavy atom. The summed E-state index contributed by atoms with van der Waals surface area (Å²) in [5, 5.41) is 0. The minimum atomic E-state index is 0.361. The Hall–Kier alpha value is -0.340. The van der Waals surface area contributed by atoms with E-state index >= 15 is 0 Å². The molecule has 3 fully saturated rings. The van der Waals surface area contributed by atoms with Crippen LogP contribution >= 0.6 is 0 Å². The molecule has 23 heavy (non-hydrogen) atoms. The maximum atomic E-state index is 6.38.